The van der Waals surface area contributed by atoms with E-state index < -0.39 is 5.82 Å². The Kier molecular flexibility index (Phi) is 6.95. The molecule has 3 N–H and O–H groups in total. The molecule has 0 fully saturated rings. The van der Waals surface area contributed by atoms with Crippen LogP contribution in [0.2, 0.25) is 10.0 Å². The molecule has 0 saturated carbocycles. The predicted molar refractivity (Wildman–Crippen MR) is 127 cm³/mol. The number of nitrogens with one attached hydrogen (secondary N) is 3. The largest absolute Gasteiger partial charge is 0.324 e. The van der Waals surface area contributed by atoms with Crippen LogP contribution < -0.4 is 16.2 Å². The Bertz CT molecular complexity index is 1290. The van der Waals surface area contributed by atoms with E-state index in [-0.39, 0.29) is 28.3 Å². The number of nitrogens with zero attached hydrogens (tertiary/aromatic N) is 4. The average Bonchev–Trinajstić information content (AvgIpc) is 2.81. The first-order valence-electron chi connectivity index (χ1n) is 9.73. The summed E-state index contributed by atoms with van der Waals surface area (Å²) in [6.45, 7) is 0.424. The molecule has 1 heterocycles. The molecule has 0 atom stereocenters. The van der Waals surface area contributed by atoms with Gasteiger partial charge in [-0.1, -0.05) is 41.4 Å². The Morgan fingerprint density at radius 2 is 1.61 bits per heavy atom. The van der Waals surface area contributed by atoms with Gasteiger partial charge < -0.3 is 5.32 Å². The molecule has 33 heavy (non-hydrogen) atoms. The van der Waals surface area contributed by atoms with Gasteiger partial charge in [0.2, 0.25) is 11.9 Å². The first-order valence-corrected chi connectivity index (χ1v) is 10.5. The summed E-state index contributed by atoms with van der Waals surface area (Å²) in [4.78, 5) is 13.0. The fourth-order valence-corrected chi connectivity index (χ4v) is 3.27. The standard InChI is InChI=1S/C23H16Cl2FN7/c24-16-8-10-17(11-9-16)29-22-30-21(20-18(25)2-1-3-19(20)26)31-23(32-22)33-28-13-15-6-4-14(12-27)5-7-15/h1-11,28H,13H2,(H2,29,30,31,32,33). The quantitative estimate of drug-likeness (QED) is 0.291. The summed E-state index contributed by atoms with van der Waals surface area (Å²) in [6, 6.07) is 20.5. The lowest BCUT2D eigenvalue weighted by Gasteiger charge is -2.12. The van der Waals surface area contributed by atoms with Crippen LogP contribution in [0.3, 0.4) is 0 Å². The summed E-state index contributed by atoms with van der Waals surface area (Å²) in [5.41, 5.74) is 8.17. The number of hydrazine groups is 1. The van der Waals surface area contributed by atoms with Crippen LogP contribution in [-0.4, -0.2) is 15.0 Å². The second-order valence-corrected chi connectivity index (χ2v) is 7.67. The maximum absolute atomic E-state index is 14.5. The molecular formula is C23H16Cl2FN7. The maximum atomic E-state index is 14.5. The summed E-state index contributed by atoms with van der Waals surface area (Å²) in [5, 5.41) is 12.7. The van der Waals surface area contributed by atoms with E-state index in [9.17, 15) is 4.39 Å². The Morgan fingerprint density at radius 3 is 2.30 bits per heavy atom. The van der Waals surface area contributed by atoms with Crippen molar-refractivity contribution in [1.29, 1.82) is 5.26 Å². The van der Waals surface area contributed by atoms with Crippen molar-refractivity contribution < 1.29 is 4.39 Å². The molecule has 10 heteroatoms. The fraction of sp³-hybridized carbons (Fsp3) is 0.0435. The van der Waals surface area contributed by atoms with E-state index in [0.717, 1.165) is 5.56 Å². The maximum Gasteiger partial charge on any atom is 0.242 e. The molecule has 0 amide bonds. The van der Waals surface area contributed by atoms with Gasteiger partial charge in [0, 0.05) is 17.3 Å². The number of hydrogen-bond acceptors (Lipinski definition) is 7. The van der Waals surface area contributed by atoms with Gasteiger partial charge in [0.1, 0.15) is 5.82 Å². The molecule has 1 aromatic heterocycles. The lowest BCUT2D eigenvalue weighted by atomic mass is 10.1. The van der Waals surface area contributed by atoms with Gasteiger partial charge >= 0.3 is 0 Å². The highest BCUT2D eigenvalue weighted by atomic mass is 35.5. The van der Waals surface area contributed by atoms with E-state index in [0.29, 0.717) is 22.8 Å². The average molecular weight is 480 g/mol. The predicted octanol–water partition coefficient (Wildman–Crippen LogP) is 5.72. The van der Waals surface area contributed by atoms with Crippen LogP contribution in [-0.2, 0) is 6.54 Å². The van der Waals surface area contributed by atoms with Gasteiger partial charge in [-0.25, -0.2) is 9.82 Å². The summed E-state index contributed by atoms with van der Waals surface area (Å²) < 4.78 is 14.5. The summed E-state index contributed by atoms with van der Waals surface area (Å²) in [7, 11) is 0. The highest BCUT2D eigenvalue weighted by Crippen LogP contribution is 2.29. The molecule has 4 aromatic rings. The number of rotatable bonds is 7. The van der Waals surface area contributed by atoms with Crippen molar-refractivity contribution in [1.82, 2.24) is 20.4 Å². The molecule has 164 valence electrons. The van der Waals surface area contributed by atoms with Gasteiger partial charge in [0.15, 0.2) is 5.82 Å². The van der Waals surface area contributed by atoms with Crippen molar-refractivity contribution in [2.24, 2.45) is 0 Å². The summed E-state index contributed by atoms with van der Waals surface area (Å²) >= 11 is 12.2. The molecular weight excluding hydrogens is 464 g/mol. The van der Waals surface area contributed by atoms with E-state index in [2.05, 4.69) is 37.2 Å². The second-order valence-electron chi connectivity index (χ2n) is 6.82. The molecule has 0 unspecified atom stereocenters. The molecule has 0 radical (unpaired) electrons. The van der Waals surface area contributed by atoms with E-state index >= 15 is 0 Å². The minimum atomic E-state index is -0.553. The molecule has 0 aliphatic rings. The lowest BCUT2D eigenvalue weighted by Crippen LogP contribution is -2.23. The van der Waals surface area contributed by atoms with Crippen LogP contribution in [0.25, 0.3) is 11.4 Å². The Morgan fingerprint density at radius 1 is 0.879 bits per heavy atom. The third-order valence-corrected chi connectivity index (χ3v) is 5.06. The Balaban J connectivity index is 1.60. The molecule has 3 aromatic carbocycles. The van der Waals surface area contributed by atoms with Gasteiger partial charge in [-0.3, -0.25) is 5.43 Å². The first kappa shape index (κ1) is 22.4. The van der Waals surface area contributed by atoms with Crippen LogP contribution in [0.4, 0.5) is 22.0 Å². The van der Waals surface area contributed by atoms with Gasteiger partial charge in [-0.15, -0.1) is 0 Å². The minimum Gasteiger partial charge on any atom is -0.324 e. The third kappa shape index (κ3) is 5.73. The van der Waals surface area contributed by atoms with Crippen molar-refractivity contribution in [2.45, 2.75) is 6.54 Å². The second kappa shape index (κ2) is 10.2. The molecule has 7 nitrogen and oxygen atoms in total. The third-order valence-electron chi connectivity index (χ3n) is 4.50. The normalized spacial score (nSPS) is 10.5. The van der Waals surface area contributed by atoms with E-state index in [4.69, 9.17) is 28.5 Å². The van der Waals surface area contributed by atoms with Crippen molar-refractivity contribution in [3.8, 4) is 17.5 Å². The molecule has 0 saturated heterocycles. The van der Waals surface area contributed by atoms with Crippen LogP contribution in [0, 0.1) is 17.1 Å². The lowest BCUT2D eigenvalue weighted by molar-refractivity contribution is 0.630. The first-order chi connectivity index (χ1) is 16.0. The van der Waals surface area contributed by atoms with Gasteiger partial charge in [0.25, 0.3) is 0 Å². The van der Waals surface area contributed by atoms with Crippen LogP contribution in [0.15, 0.2) is 66.7 Å². The van der Waals surface area contributed by atoms with Gasteiger partial charge in [-0.2, -0.15) is 20.2 Å². The van der Waals surface area contributed by atoms with Gasteiger partial charge in [-0.05, 0) is 54.1 Å². The highest BCUT2D eigenvalue weighted by molar-refractivity contribution is 6.33. The zero-order valence-corrected chi connectivity index (χ0v) is 18.5. The summed E-state index contributed by atoms with van der Waals surface area (Å²) in [6.07, 6.45) is 0. The Hall–Kier alpha value is -3.77. The number of aromatic nitrogens is 3. The monoisotopic (exact) mass is 479 g/mol. The van der Waals surface area contributed by atoms with Crippen molar-refractivity contribution >= 4 is 40.8 Å². The molecule has 0 spiro atoms. The zero-order chi connectivity index (χ0) is 23.2. The number of hydrogen-bond donors (Lipinski definition) is 3. The highest BCUT2D eigenvalue weighted by Gasteiger charge is 2.16. The van der Waals surface area contributed by atoms with Crippen LogP contribution in [0.5, 0.6) is 0 Å². The number of anilines is 3. The van der Waals surface area contributed by atoms with Crippen molar-refractivity contribution in [3.05, 3.63) is 93.7 Å². The SMILES string of the molecule is N#Cc1ccc(CNNc2nc(Nc3ccc(Cl)cc3)nc(-c3c(F)cccc3Cl)n2)cc1. The fourth-order valence-electron chi connectivity index (χ4n) is 2.90. The van der Waals surface area contributed by atoms with E-state index in [1.54, 1.807) is 42.5 Å². The smallest absolute Gasteiger partial charge is 0.242 e. The van der Waals surface area contributed by atoms with E-state index in [1.807, 2.05) is 12.1 Å². The number of benzene rings is 3. The zero-order valence-electron chi connectivity index (χ0n) is 17.0. The van der Waals surface area contributed by atoms with Crippen molar-refractivity contribution in [3.63, 3.8) is 0 Å². The number of nitriles is 1. The minimum absolute atomic E-state index is 0.0623. The van der Waals surface area contributed by atoms with E-state index in [1.165, 1.54) is 12.1 Å². The number of halogens is 3. The van der Waals surface area contributed by atoms with Crippen molar-refractivity contribution in [2.75, 3.05) is 10.7 Å². The van der Waals surface area contributed by atoms with Crippen LogP contribution in [0.1, 0.15) is 11.1 Å². The molecule has 0 bridgehead atoms. The molecule has 0 aliphatic carbocycles. The van der Waals surface area contributed by atoms with Crippen LogP contribution >= 0.6 is 23.2 Å². The summed E-state index contributed by atoms with van der Waals surface area (Å²) in [5.74, 6) is -0.149. The van der Waals surface area contributed by atoms with Gasteiger partial charge in [0.05, 0.1) is 22.2 Å². The Labute approximate surface area is 199 Å². The topological polar surface area (TPSA) is 98.5 Å². The molecule has 4 rings (SSSR count). The molecule has 0 aliphatic heterocycles.